The number of aromatic nitrogens is 4. The summed E-state index contributed by atoms with van der Waals surface area (Å²) < 4.78 is 4.30. The Morgan fingerprint density at radius 1 is 0.652 bits per heavy atom. The van der Waals surface area contributed by atoms with E-state index in [1.165, 1.54) is 44.5 Å². The molecule has 1 N–H and O–H groups in total. The Morgan fingerprint density at radius 2 is 1.13 bits per heavy atom. The summed E-state index contributed by atoms with van der Waals surface area (Å²) in [4.78, 5) is 25.4. The number of imidazole rings is 2. The molecular weight excluding hydrogens is 572 g/mol. The minimum absolute atomic E-state index is 0.0503. The Morgan fingerprint density at radius 3 is 1.65 bits per heavy atom. The number of carbonyl (C=O) groups is 1. The van der Waals surface area contributed by atoms with E-state index in [0.29, 0.717) is 5.69 Å². The van der Waals surface area contributed by atoms with Crippen LogP contribution in [0.2, 0.25) is 0 Å². The maximum Gasteiger partial charge on any atom is 0.168 e. The first-order valence-electron chi connectivity index (χ1n) is 16.7. The molecule has 4 aliphatic heterocycles. The molecule has 8 heteroatoms. The van der Waals surface area contributed by atoms with Crippen LogP contribution >= 0.6 is 0 Å². The summed E-state index contributed by atoms with van der Waals surface area (Å²) in [7, 11) is 4.36. The highest BCUT2D eigenvalue weighted by atomic mass is 16.3. The zero-order valence-electron chi connectivity index (χ0n) is 27.1. The second-order valence-electron chi connectivity index (χ2n) is 13.0. The molecule has 2 aromatic carbocycles. The molecule has 0 amide bonds. The van der Waals surface area contributed by atoms with E-state index in [1.54, 1.807) is 6.20 Å². The molecule has 0 radical (unpaired) electrons. The summed E-state index contributed by atoms with van der Waals surface area (Å²) in [5.74, 6) is 2.01. The Hall–Kier alpha value is -4.11. The number of hydrogen-bond acceptors (Lipinski definition) is 6. The van der Waals surface area contributed by atoms with Crippen molar-refractivity contribution in [3.8, 4) is 0 Å². The summed E-state index contributed by atoms with van der Waals surface area (Å²) in [5.41, 5.74) is 12.5. The lowest BCUT2D eigenvalue weighted by Gasteiger charge is -2.26. The highest BCUT2D eigenvalue weighted by Crippen LogP contribution is 2.37. The van der Waals surface area contributed by atoms with Crippen molar-refractivity contribution in [3.05, 3.63) is 117 Å². The van der Waals surface area contributed by atoms with Gasteiger partial charge in [-0.2, -0.15) is 0 Å². The first-order valence-corrected chi connectivity index (χ1v) is 16.7. The third-order valence-electron chi connectivity index (χ3n) is 10.2. The molecular formula is C38H44N6O2. The van der Waals surface area contributed by atoms with Gasteiger partial charge >= 0.3 is 0 Å². The monoisotopic (exact) mass is 616 g/mol. The van der Waals surface area contributed by atoms with Crippen molar-refractivity contribution < 1.29 is 9.90 Å². The maximum absolute atomic E-state index is 11.4. The molecule has 46 heavy (non-hydrogen) atoms. The molecule has 2 fully saturated rings. The first-order chi connectivity index (χ1) is 22.6. The topological polar surface area (TPSA) is 79.4 Å². The zero-order valence-corrected chi connectivity index (χ0v) is 27.1. The zero-order chi connectivity index (χ0) is 31.6. The van der Waals surface area contributed by atoms with Crippen molar-refractivity contribution in [2.75, 3.05) is 40.3 Å². The van der Waals surface area contributed by atoms with Crippen LogP contribution in [0.15, 0.2) is 72.1 Å². The number of hydrogen-bond donors (Lipinski definition) is 1. The quantitative estimate of drug-likeness (QED) is 0.311. The van der Waals surface area contributed by atoms with E-state index in [-0.39, 0.29) is 6.61 Å². The lowest BCUT2D eigenvalue weighted by Crippen LogP contribution is -2.27. The van der Waals surface area contributed by atoms with Crippen molar-refractivity contribution in [2.24, 2.45) is 0 Å². The summed E-state index contributed by atoms with van der Waals surface area (Å²) in [6, 6.07) is 17.3. The highest BCUT2D eigenvalue weighted by molar-refractivity contribution is 5.84. The van der Waals surface area contributed by atoms with E-state index in [0.717, 1.165) is 101 Å². The molecule has 0 bridgehead atoms. The number of aliphatic hydroxyl groups is 1. The first kappa shape index (κ1) is 30.5. The molecule has 4 aliphatic rings. The van der Waals surface area contributed by atoms with Crippen LogP contribution in [0.25, 0.3) is 11.1 Å². The number of aryl methyl sites for hydroxylation is 2. The second-order valence-corrected chi connectivity index (χ2v) is 13.0. The van der Waals surface area contributed by atoms with E-state index in [1.807, 2.05) is 6.20 Å². The van der Waals surface area contributed by atoms with Crippen molar-refractivity contribution in [2.45, 2.75) is 58.2 Å². The molecule has 0 spiro atoms. The van der Waals surface area contributed by atoms with Crippen LogP contribution in [0.3, 0.4) is 0 Å². The second kappa shape index (κ2) is 13.3. The molecule has 4 aromatic rings. The number of likely N-dealkylation sites (tertiary alicyclic amines) is 2. The van der Waals surface area contributed by atoms with Gasteiger partial charge in [-0.25, -0.2) is 9.97 Å². The highest BCUT2D eigenvalue weighted by Gasteiger charge is 2.27. The molecule has 8 rings (SSSR count). The van der Waals surface area contributed by atoms with Gasteiger partial charge in [-0.05, 0) is 74.9 Å². The summed E-state index contributed by atoms with van der Waals surface area (Å²) >= 11 is 0. The molecule has 2 saturated heterocycles. The van der Waals surface area contributed by atoms with Crippen molar-refractivity contribution in [1.82, 2.24) is 28.9 Å². The van der Waals surface area contributed by atoms with Gasteiger partial charge in [0.05, 0.1) is 24.7 Å². The molecule has 0 aliphatic carbocycles. The minimum atomic E-state index is 0.0503. The largest absolute Gasteiger partial charge is 0.390 e. The lowest BCUT2D eigenvalue weighted by atomic mass is 9.90. The fourth-order valence-electron chi connectivity index (χ4n) is 7.55. The average Bonchev–Trinajstić information content (AvgIpc) is 3.60. The predicted octanol–water partition coefficient (Wildman–Crippen LogP) is 5.24. The van der Waals surface area contributed by atoms with Gasteiger partial charge in [0.1, 0.15) is 17.3 Å². The van der Waals surface area contributed by atoms with Crippen molar-refractivity contribution in [3.63, 3.8) is 0 Å². The van der Waals surface area contributed by atoms with E-state index in [9.17, 15) is 9.90 Å². The van der Waals surface area contributed by atoms with Crippen LogP contribution in [0.1, 0.15) is 75.8 Å². The minimum Gasteiger partial charge on any atom is -0.390 e. The third-order valence-corrected chi connectivity index (χ3v) is 10.2. The standard InChI is InChI=1S/C19H23N3O.C19H21N3O/c2*1-21-9-6-15(7-10-21)18-17-5-3-2-4-14(17)8-11-22-16(13-23)12-20-19(18)22/h2-5,12,23H,6-11,13H2,1H3;2-5,12-13H,6-11H2,1H3. The fourth-order valence-corrected chi connectivity index (χ4v) is 7.55. The van der Waals surface area contributed by atoms with E-state index >= 15 is 0 Å². The molecule has 2 aromatic heterocycles. The van der Waals surface area contributed by atoms with Crippen molar-refractivity contribution >= 4 is 17.4 Å². The number of aliphatic hydroxyl groups excluding tert-OH is 1. The average molecular weight is 617 g/mol. The van der Waals surface area contributed by atoms with E-state index in [4.69, 9.17) is 4.98 Å². The van der Waals surface area contributed by atoms with Crippen LogP contribution in [0, 0.1) is 0 Å². The molecule has 0 unspecified atom stereocenters. The molecule has 0 atom stereocenters. The number of fused-ring (bicyclic) bond motifs is 4. The van der Waals surface area contributed by atoms with Crippen molar-refractivity contribution in [1.29, 1.82) is 0 Å². The number of rotatable bonds is 2. The van der Waals surface area contributed by atoms with Gasteiger partial charge in [0.2, 0.25) is 0 Å². The Kier molecular flexibility index (Phi) is 8.84. The van der Waals surface area contributed by atoms with E-state index < -0.39 is 0 Å². The molecule has 238 valence electrons. The van der Waals surface area contributed by atoms with Gasteiger partial charge in [-0.1, -0.05) is 59.7 Å². The molecule has 8 nitrogen and oxygen atoms in total. The van der Waals surface area contributed by atoms with Crippen LogP contribution in [0.4, 0.5) is 0 Å². The Balaban J connectivity index is 0.000000147. The van der Waals surface area contributed by atoms with Crippen LogP contribution < -0.4 is 0 Å². The van der Waals surface area contributed by atoms with Gasteiger partial charge in [0.25, 0.3) is 0 Å². The van der Waals surface area contributed by atoms with Gasteiger partial charge in [0, 0.05) is 50.4 Å². The number of aldehydes is 1. The van der Waals surface area contributed by atoms with Gasteiger partial charge in [-0.3, -0.25) is 4.79 Å². The smallest absolute Gasteiger partial charge is 0.168 e. The number of nitrogens with zero attached hydrogens (tertiary/aromatic N) is 6. The molecule has 6 heterocycles. The number of piperidine rings is 2. The maximum atomic E-state index is 11.4. The Labute approximate surface area is 271 Å². The van der Waals surface area contributed by atoms with Gasteiger partial charge < -0.3 is 24.0 Å². The predicted molar refractivity (Wildman–Crippen MR) is 182 cm³/mol. The van der Waals surface area contributed by atoms with E-state index in [2.05, 4.69) is 86.5 Å². The normalized spacial score (nSPS) is 18.4. The fraction of sp³-hybridized carbons (Fsp3) is 0.395. The SMILES string of the molecule is CN1CCC(=C2c3ccccc3CCn3c(C=O)cnc32)CC1.CN1CCC(=C2c3ccccc3CCn3c(CO)cnc32)CC1. The number of carbonyl (C=O) groups excluding carboxylic acids is 1. The summed E-state index contributed by atoms with van der Waals surface area (Å²) in [5, 5.41) is 9.64. The molecule has 0 saturated carbocycles. The summed E-state index contributed by atoms with van der Waals surface area (Å²) in [6.07, 6.45) is 10.7. The van der Waals surface area contributed by atoms with Gasteiger partial charge in [0.15, 0.2) is 6.29 Å². The number of benzene rings is 2. The lowest BCUT2D eigenvalue weighted by molar-refractivity contribution is 0.111. The summed E-state index contributed by atoms with van der Waals surface area (Å²) in [6.45, 7) is 6.14. The van der Waals surface area contributed by atoms with Crippen LogP contribution in [-0.4, -0.2) is 80.6 Å². The van der Waals surface area contributed by atoms with Gasteiger partial charge in [-0.15, -0.1) is 0 Å². The Bertz CT molecular complexity index is 1790. The van der Waals surface area contributed by atoms with Crippen LogP contribution in [-0.2, 0) is 32.5 Å². The third kappa shape index (κ3) is 5.81. The van der Waals surface area contributed by atoms with Crippen LogP contribution in [0.5, 0.6) is 0 Å².